The molecule has 0 saturated carbocycles. The fraction of sp³-hybridized carbons (Fsp3) is 0.200. The molecular weight excluding hydrogens is 500 g/mol. The number of anilines is 2. The van der Waals surface area contributed by atoms with E-state index in [1.54, 1.807) is 19.2 Å². The number of hydrogen-bond donors (Lipinski definition) is 3. The van der Waals surface area contributed by atoms with Gasteiger partial charge in [0, 0.05) is 30.6 Å². The van der Waals surface area contributed by atoms with Crippen LogP contribution < -0.4 is 20.8 Å². The lowest BCUT2D eigenvalue weighted by Crippen LogP contribution is -2.21. The zero-order valence-corrected chi connectivity index (χ0v) is 20.3. The van der Waals surface area contributed by atoms with Gasteiger partial charge in [-0.05, 0) is 48.4 Å². The number of benzene rings is 2. The number of ether oxygens (including phenoxy) is 1. The molecule has 0 fully saturated rings. The average molecular weight is 524 g/mol. The molecule has 11 nitrogen and oxygen atoms in total. The van der Waals surface area contributed by atoms with Crippen LogP contribution in [-0.4, -0.2) is 34.6 Å². The third kappa shape index (κ3) is 7.06. The number of amides is 2. The standard InChI is InChI=1S/C25H23F2N7O4/c1-14-9-24(28-13-30-29-12-19(14)25-34-33-15(2)37-25)38-21-8-7-18(10-20(21)27)32-23(36)11-22(35)31-17-5-3-16(26)4-6-17/h3-10,12-14,19H,11H2,1-2H3,(H,28,30)(H,31,35)(H,32,36). The fourth-order valence-electron chi connectivity index (χ4n) is 3.42. The summed E-state index contributed by atoms with van der Waals surface area (Å²) in [5, 5.41) is 16.9. The van der Waals surface area contributed by atoms with Gasteiger partial charge in [-0.2, -0.15) is 5.10 Å². The van der Waals surface area contributed by atoms with Crippen LogP contribution in [0.15, 0.2) is 68.9 Å². The Morgan fingerprint density at radius 3 is 2.45 bits per heavy atom. The van der Waals surface area contributed by atoms with Gasteiger partial charge in [-0.25, -0.2) is 13.8 Å². The lowest BCUT2D eigenvalue weighted by Gasteiger charge is -2.14. The second-order valence-corrected chi connectivity index (χ2v) is 8.24. The van der Waals surface area contributed by atoms with Crippen molar-refractivity contribution in [2.75, 3.05) is 10.6 Å². The maximum Gasteiger partial charge on any atom is 0.233 e. The molecule has 0 aliphatic carbocycles. The molecule has 0 radical (unpaired) electrons. The first-order valence-corrected chi connectivity index (χ1v) is 11.4. The Labute approximate surface area is 215 Å². The van der Waals surface area contributed by atoms with E-state index in [4.69, 9.17) is 9.15 Å². The molecule has 196 valence electrons. The summed E-state index contributed by atoms with van der Waals surface area (Å²) in [6.07, 6.45) is 4.02. The van der Waals surface area contributed by atoms with Crippen LogP contribution in [-0.2, 0) is 9.59 Å². The molecule has 2 unspecified atom stereocenters. The summed E-state index contributed by atoms with van der Waals surface area (Å²) < 4.78 is 39.0. The van der Waals surface area contributed by atoms with Crippen molar-refractivity contribution in [1.82, 2.24) is 15.6 Å². The molecule has 2 atom stereocenters. The lowest BCUT2D eigenvalue weighted by atomic mass is 9.95. The van der Waals surface area contributed by atoms with E-state index in [2.05, 4.69) is 36.4 Å². The van der Waals surface area contributed by atoms with E-state index in [0.29, 0.717) is 17.5 Å². The summed E-state index contributed by atoms with van der Waals surface area (Å²) in [4.78, 5) is 28.4. The van der Waals surface area contributed by atoms with E-state index < -0.39 is 29.9 Å². The van der Waals surface area contributed by atoms with Crippen LogP contribution in [0.25, 0.3) is 0 Å². The Hall–Kier alpha value is -4.94. The first-order chi connectivity index (χ1) is 18.3. The van der Waals surface area contributed by atoms with Gasteiger partial charge in [-0.15, -0.1) is 10.2 Å². The van der Waals surface area contributed by atoms with Crippen molar-refractivity contribution in [3.05, 3.63) is 77.8 Å². The number of hydrogen-bond acceptors (Lipinski definition) is 9. The number of aliphatic imine (C=N–C) groups is 1. The topological polar surface area (TPSA) is 143 Å². The minimum absolute atomic E-state index is 0.0879. The van der Waals surface area contributed by atoms with Crippen molar-refractivity contribution < 1.29 is 27.5 Å². The van der Waals surface area contributed by atoms with Gasteiger partial charge in [0.05, 0.1) is 5.92 Å². The first kappa shape index (κ1) is 26.1. The quantitative estimate of drug-likeness (QED) is 0.399. The molecule has 1 aromatic heterocycles. The summed E-state index contributed by atoms with van der Waals surface area (Å²) in [6, 6.07) is 8.89. The smallest absolute Gasteiger partial charge is 0.233 e. The highest BCUT2D eigenvalue weighted by Gasteiger charge is 2.24. The molecule has 0 saturated heterocycles. The van der Waals surface area contributed by atoms with Crippen LogP contribution in [0.5, 0.6) is 5.75 Å². The second kappa shape index (κ2) is 11.9. The van der Waals surface area contributed by atoms with Gasteiger partial charge in [0.15, 0.2) is 11.6 Å². The Kier molecular flexibility index (Phi) is 8.16. The molecule has 0 spiro atoms. The van der Waals surface area contributed by atoms with Crippen LogP contribution in [0.3, 0.4) is 0 Å². The summed E-state index contributed by atoms with van der Waals surface area (Å²) in [5.74, 6) is -2.42. The van der Waals surface area contributed by atoms with E-state index in [1.807, 2.05) is 6.92 Å². The number of halogens is 2. The van der Waals surface area contributed by atoms with Crippen LogP contribution in [0.4, 0.5) is 20.2 Å². The van der Waals surface area contributed by atoms with E-state index in [-0.39, 0.29) is 29.2 Å². The zero-order chi connectivity index (χ0) is 27.1. The highest BCUT2D eigenvalue weighted by Crippen LogP contribution is 2.28. The maximum absolute atomic E-state index is 14.8. The fourth-order valence-corrected chi connectivity index (χ4v) is 3.42. The largest absolute Gasteiger partial charge is 0.436 e. The number of aryl methyl sites for hydroxylation is 1. The highest BCUT2D eigenvalue weighted by molar-refractivity contribution is 6.08. The molecule has 3 aromatic rings. The Morgan fingerprint density at radius 1 is 1.05 bits per heavy atom. The lowest BCUT2D eigenvalue weighted by molar-refractivity contribution is -0.123. The number of rotatable bonds is 7. The third-order valence-electron chi connectivity index (χ3n) is 5.24. The molecule has 38 heavy (non-hydrogen) atoms. The van der Waals surface area contributed by atoms with Crippen LogP contribution in [0.2, 0.25) is 0 Å². The molecule has 3 N–H and O–H groups in total. The molecule has 2 heterocycles. The van der Waals surface area contributed by atoms with Crippen molar-refractivity contribution in [2.45, 2.75) is 26.2 Å². The van der Waals surface area contributed by atoms with Crippen molar-refractivity contribution in [3.63, 3.8) is 0 Å². The van der Waals surface area contributed by atoms with Crippen LogP contribution in [0, 0.1) is 24.5 Å². The molecule has 0 bridgehead atoms. The number of hydrazone groups is 1. The molecule has 2 aromatic carbocycles. The van der Waals surface area contributed by atoms with Crippen LogP contribution in [0.1, 0.15) is 31.0 Å². The predicted molar refractivity (Wildman–Crippen MR) is 134 cm³/mol. The first-order valence-electron chi connectivity index (χ1n) is 11.4. The summed E-state index contributed by atoms with van der Waals surface area (Å²) in [7, 11) is 0. The highest BCUT2D eigenvalue weighted by atomic mass is 19.1. The van der Waals surface area contributed by atoms with Crippen LogP contribution >= 0.6 is 0 Å². The van der Waals surface area contributed by atoms with Gasteiger partial charge in [0.2, 0.25) is 29.5 Å². The summed E-state index contributed by atoms with van der Waals surface area (Å²) >= 11 is 0. The van der Waals surface area contributed by atoms with Gasteiger partial charge in [0.1, 0.15) is 18.6 Å². The minimum atomic E-state index is -0.768. The van der Waals surface area contributed by atoms with E-state index in [1.165, 1.54) is 42.7 Å². The maximum atomic E-state index is 14.8. The van der Waals surface area contributed by atoms with Crippen molar-refractivity contribution >= 4 is 35.7 Å². The van der Waals surface area contributed by atoms with Gasteiger partial charge in [-0.1, -0.05) is 6.92 Å². The van der Waals surface area contributed by atoms with Gasteiger partial charge < -0.3 is 19.8 Å². The number of carbonyl (C=O) groups excluding carboxylic acids is 2. The van der Waals surface area contributed by atoms with E-state index in [9.17, 15) is 18.4 Å². The molecule has 4 rings (SSSR count). The molecular formula is C25H23F2N7O4. The monoisotopic (exact) mass is 523 g/mol. The van der Waals surface area contributed by atoms with E-state index in [0.717, 1.165) is 6.07 Å². The SMILES string of the molecule is Cc1nnc(C2C=NNC=NC(Oc3ccc(NC(=O)CC(=O)Nc4ccc(F)cc4)cc3F)=CC2C)o1. The Bertz CT molecular complexity index is 1400. The minimum Gasteiger partial charge on any atom is -0.436 e. The number of allylic oxidation sites excluding steroid dienone is 1. The second-order valence-electron chi connectivity index (χ2n) is 8.24. The normalized spacial score (nSPS) is 16.9. The zero-order valence-electron chi connectivity index (χ0n) is 20.3. The number of nitrogens with zero attached hydrogens (tertiary/aromatic N) is 4. The number of aromatic nitrogens is 2. The van der Waals surface area contributed by atoms with Gasteiger partial charge >= 0.3 is 0 Å². The molecule has 13 heteroatoms. The summed E-state index contributed by atoms with van der Waals surface area (Å²) in [6.45, 7) is 3.54. The average Bonchev–Trinajstić information content (AvgIpc) is 3.32. The van der Waals surface area contributed by atoms with E-state index >= 15 is 0 Å². The summed E-state index contributed by atoms with van der Waals surface area (Å²) in [5.41, 5.74) is 3.09. The van der Waals surface area contributed by atoms with Gasteiger partial charge in [-0.3, -0.25) is 15.0 Å². The molecule has 2 amide bonds. The number of carbonyl (C=O) groups is 2. The van der Waals surface area contributed by atoms with Crippen molar-refractivity contribution in [1.29, 1.82) is 0 Å². The Morgan fingerprint density at radius 2 is 1.76 bits per heavy atom. The molecule has 1 aliphatic rings. The predicted octanol–water partition coefficient (Wildman–Crippen LogP) is 3.88. The number of nitrogens with one attached hydrogen (secondary N) is 3. The van der Waals surface area contributed by atoms with Crippen molar-refractivity contribution in [2.24, 2.45) is 16.0 Å². The third-order valence-corrected chi connectivity index (χ3v) is 5.24. The van der Waals surface area contributed by atoms with Gasteiger partial charge in [0.25, 0.3) is 0 Å². The van der Waals surface area contributed by atoms with Crippen molar-refractivity contribution in [3.8, 4) is 5.75 Å². The molecule has 1 aliphatic heterocycles. The Balaban J connectivity index is 1.38.